The van der Waals surface area contributed by atoms with Crippen LogP contribution < -0.4 is 0 Å². The summed E-state index contributed by atoms with van der Waals surface area (Å²) in [6, 6.07) is 0. The summed E-state index contributed by atoms with van der Waals surface area (Å²) in [5.41, 5.74) is 2.94. The molecule has 0 aliphatic carbocycles. The summed E-state index contributed by atoms with van der Waals surface area (Å²) in [4.78, 5) is 7.87. The van der Waals surface area contributed by atoms with Crippen molar-refractivity contribution in [3.05, 3.63) is 33.2 Å². The van der Waals surface area contributed by atoms with Crippen molar-refractivity contribution in [3.8, 4) is 0 Å². The van der Waals surface area contributed by atoms with Gasteiger partial charge in [-0.25, -0.2) is 0 Å². The van der Waals surface area contributed by atoms with Gasteiger partial charge < -0.3 is 0 Å². The molecule has 2 aromatic heterocycles. The maximum Gasteiger partial charge on any atom is 0.0893 e. The number of aromatic nitrogens is 2. The molecule has 0 aliphatic rings. The lowest BCUT2D eigenvalue weighted by molar-refractivity contribution is 1.27. The standard InChI is InChI=1S/2C4H5NS/c1-4-2-6-3-5-4;1-4-5-2-3-6-4/h2*2-3H,1H3. The Balaban J connectivity index is 0.000000120. The highest BCUT2D eigenvalue weighted by Crippen LogP contribution is 1.98. The Bertz CT molecular complexity index is 254. The van der Waals surface area contributed by atoms with E-state index in [-0.39, 0.29) is 0 Å². The van der Waals surface area contributed by atoms with Gasteiger partial charge in [0.1, 0.15) is 0 Å². The molecular weight excluding hydrogens is 188 g/mol. The van der Waals surface area contributed by atoms with E-state index < -0.39 is 0 Å². The van der Waals surface area contributed by atoms with Crippen molar-refractivity contribution in [2.24, 2.45) is 0 Å². The van der Waals surface area contributed by atoms with Gasteiger partial charge in [0.2, 0.25) is 0 Å². The van der Waals surface area contributed by atoms with Crippen molar-refractivity contribution < 1.29 is 0 Å². The quantitative estimate of drug-likeness (QED) is 0.650. The molecule has 0 radical (unpaired) electrons. The summed E-state index contributed by atoms with van der Waals surface area (Å²) in [6.45, 7) is 3.97. The fraction of sp³-hybridized carbons (Fsp3) is 0.250. The summed E-state index contributed by atoms with van der Waals surface area (Å²) in [5, 5.41) is 5.12. The molecule has 0 atom stereocenters. The third kappa shape index (κ3) is 3.59. The predicted molar refractivity (Wildman–Crippen MR) is 53.7 cm³/mol. The molecule has 2 heterocycles. The number of rotatable bonds is 0. The van der Waals surface area contributed by atoms with Gasteiger partial charge in [0.15, 0.2) is 0 Å². The SMILES string of the molecule is Cc1cscn1.Cc1nccs1. The van der Waals surface area contributed by atoms with Crippen LogP contribution in [0.5, 0.6) is 0 Å². The van der Waals surface area contributed by atoms with Crippen molar-refractivity contribution in [1.82, 2.24) is 9.97 Å². The van der Waals surface area contributed by atoms with Crippen LogP contribution in [0.2, 0.25) is 0 Å². The molecule has 0 spiro atoms. The molecule has 0 aliphatic heterocycles. The summed E-state index contributed by atoms with van der Waals surface area (Å²) in [5.74, 6) is 0. The van der Waals surface area contributed by atoms with Gasteiger partial charge in [-0.05, 0) is 13.8 Å². The maximum absolute atomic E-state index is 3.94. The fourth-order valence-electron chi connectivity index (χ4n) is 0.568. The van der Waals surface area contributed by atoms with E-state index in [2.05, 4.69) is 9.97 Å². The lowest BCUT2D eigenvalue weighted by Crippen LogP contribution is -1.59. The van der Waals surface area contributed by atoms with E-state index in [0.29, 0.717) is 0 Å². The highest BCUT2D eigenvalue weighted by atomic mass is 32.1. The Morgan fingerprint density at radius 3 is 2.25 bits per heavy atom. The van der Waals surface area contributed by atoms with Crippen LogP contribution in [-0.4, -0.2) is 9.97 Å². The van der Waals surface area contributed by atoms with Crippen molar-refractivity contribution in [2.75, 3.05) is 0 Å². The normalized spacial score (nSPS) is 8.83. The average molecular weight is 198 g/mol. The Morgan fingerprint density at radius 2 is 2.08 bits per heavy atom. The molecule has 12 heavy (non-hydrogen) atoms. The van der Waals surface area contributed by atoms with Gasteiger partial charge in [-0.15, -0.1) is 22.7 Å². The minimum Gasteiger partial charge on any atom is -0.250 e. The minimum absolute atomic E-state index is 1.11. The zero-order chi connectivity index (χ0) is 8.81. The van der Waals surface area contributed by atoms with Crippen LogP contribution in [0.25, 0.3) is 0 Å². The number of aryl methyl sites for hydroxylation is 2. The van der Waals surface area contributed by atoms with Gasteiger partial charge in [0.05, 0.1) is 10.5 Å². The summed E-state index contributed by atoms with van der Waals surface area (Å²) < 4.78 is 0. The second-order valence-electron chi connectivity index (χ2n) is 2.18. The van der Waals surface area contributed by atoms with E-state index in [1.54, 1.807) is 28.9 Å². The Kier molecular flexibility index (Phi) is 3.90. The molecule has 0 unspecified atom stereocenters. The number of hydrogen-bond donors (Lipinski definition) is 0. The van der Waals surface area contributed by atoms with E-state index >= 15 is 0 Å². The van der Waals surface area contributed by atoms with Crippen LogP contribution in [0.3, 0.4) is 0 Å². The van der Waals surface area contributed by atoms with Crippen LogP contribution in [-0.2, 0) is 0 Å². The highest BCUT2D eigenvalue weighted by molar-refractivity contribution is 7.09. The molecule has 0 saturated heterocycles. The molecule has 0 aromatic carbocycles. The molecule has 0 amide bonds. The number of nitrogens with zero attached hydrogens (tertiary/aromatic N) is 2. The predicted octanol–water partition coefficient (Wildman–Crippen LogP) is 2.90. The van der Waals surface area contributed by atoms with Crippen LogP contribution >= 0.6 is 22.7 Å². The third-order valence-electron chi connectivity index (χ3n) is 1.11. The topological polar surface area (TPSA) is 25.8 Å². The fourth-order valence-corrected chi connectivity index (χ4v) is 1.55. The van der Waals surface area contributed by atoms with Crippen molar-refractivity contribution in [2.45, 2.75) is 13.8 Å². The van der Waals surface area contributed by atoms with Crippen LogP contribution in [0.4, 0.5) is 0 Å². The van der Waals surface area contributed by atoms with Gasteiger partial charge in [-0.3, -0.25) is 9.97 Å². The van der Waals surface area contributed by atoms with E-state index in [9.17, 15) is 0 Å². The first-order valence-corrected chi connectivity index (χ1v) is 5.32. The van der Waals surface area contributed by atoms with E-state index in [1.807, 2.05) is 30.1 Å². The summed E-state index contributed by atoms with van der Waals surface area (Å²) in [6.07, 6.45) is 1.81. The third-order valence-corrected chi connectivity index (χ3v) is 2.52. The second kappa shape index (κ2) is 5.00. The zero-order valence-corrected chi connectivity index (χ0v) is 8.65. The van der Waals surface area contributed by atoms with Crippen molar-refractivity contribution in [1.29, 1.82) is 0 Å². The first kappa shape index (κ1) is 9.35. The van der Waals surface area contributed by atoms with E-state index in [1.165, 1.54) is 0 Å². The summed E-state index contributed by atoms with van der Waals surface area (Å²) >= 11 is 3.30. The van der Waals surface area contributed by atoms with Crippen molar-refractivity contribution >= 4 is 22.7 Å². The highest BCUT2D eigenvalue weighted by Gasteiger charge is 1.76. The molecule has 0 bridgehead atoms. The van der Waals surface area contributed by atoms with Crippen LogP contribution in [0.1, 0.15) is 10.7 Å². The van der Waals surface area contributed by atoms with E-state index in [4.69, 9.17) is 0 Å². The first-order chi connectivity index (χ1) is 5.79. The second-order valence-corrected chi connectivity index (χ2v) is 4.00. The molecule has 4 heteroatoms. The minimum atomic E-state index is 1.11. The molecule has 2 rings (SSSR count). The van der Waals surface area contributed by atoms with Gasteiger partial charge in [0.25, 0.3) is 0 Å². The van der Waals surface area contributed by atoms with Gasteiger partial charge in [-0.1, -0.05) is 0 Å². The number of thiazole rings is 2. The molecule has 2 aromatic rings. The zero-order valence-electron chi connectivity index (χ0n) is 7.02. The van der Waals surface area contributed by atoms with Crippen LogP contribution in [0.15, 0.2) is 22.5 Å². The largest absolute Gasteiger partial charge is 0.250 e. The summed E-state index contributed by atoms with van der Waals surface area (Å²) in [7, 11) is 0. The lowest BCUT2D eigenvalue weighted by atomic mass is 10.6. The molecular formula is C8H10N2S2. The molecule has 0 fully saturated rings. The van der Waals surface area contributed by atoms with Gasteiger partial charge in [0, 0.05) is 22.7 Å². The maximum atomic E-state index is 3.94. The lowest BCUT2D eigenvalue weighted by Gasteiger charge is -1.65. The van der Waals surface area contributed by atoms with Crippen LogP contribution in [0, 0.1) is 13.8 Å². The molecule has 64 valence electrons. The van der Waals surface area contributed by atoms with Gasteiger partial charge >= 0.3 is 0 Å². The van der Waals surface area contributed by atoms with Gasteiger partial charge in [-0.2, -0.15) is 0 Å². The Labute approximate surface area is 79.9 Å². The molecule has 0 saturated carbocycles. The Morgan fingerprint density at radius 1 is 1.25 bits per heavy atom. The monoisotopic (exact) mass is 198 g/mol. The molecule has 2 nitrogen and oxygen atoms in total. The van der Waals surface area contributed by atoms with Crippen molar-refractivity contribution in [3.63, 3.8) is 0 Å². The number of hydrogen-bond acceptors (Lipinski definition) is 4. The average Bonchev–Trinajstić information content (AvgIpc) is 2.63. The van der Waals surface area contributed by atoms with E-state index in [0.717, 1.165) is 10.7 Å². The molecule has 0 N–H and O–H groups in total. The first-order valence-electron chi connectivity index (χ1n) is 3.50. The Hall–Kier alpha value is -0.740. The smallest absolute Gasteiger partial charge is 0.0893 e.